The van der Waals surface area contributed by atoms with E-state index in [0.29, 0.717) is 30.5 Å². The molecule has 1 aromatic heterocycles. The van der Waals surface area contributed by atoms with Crippen molar-refractivity contribution in [3.8, 4) is 5.75 Å². The summed E-state index contributed by atoms with van der Waals surface area (Å²) in [4.78, 5) is 12.0. The highest BCUT2D eigenvalue weighted by Gasteiger charge is 2.12. The molecule has 0 aliphatic carbocycles. The average molecular weight is 349 g/mol. The SMILES string of the molecule is C=CCOc1ccc(CNC(C)C(=O)NCc2ccco2)cc1Cl. The van der Waals surface area contributed by atoms with Gasteiger partial charge in [0.05, 0.1) is 23.9 Å². The van der Waals surface area contributed by atoms with Crippen LogP contribution in [0.4, 0.5) is 0 Å². The van der Waals surface area contributed by atoms with Crippen molar-refractivity contribution in [2.24, 2.45) is 0 Å². The lowest BCUT2D eigenvalue weighted by molar-refractivity contribution is -0.123. The van der Waals surface area contributed by atoms with E-state index in [2.05, 4.69) is 17.2 Å². The zero-order chi connectivity index (χ0) is 17.4. The van der Waals surface area contributed by atoms with E-state index in [4.69, 9.17) is 20.8 Å². The third kappa shape index (κ3) is 5.44. The molecule has 2 N–H and O–H groups in total. The number of carbonyl (C=O) groups is 1. The first-order valence-electron chi connectivity index (χ1n) is 7.65. The fourth-order valence-corrected chi connectivity index (χ4v) is 2.28. The van der Waals surface area contributed by atoms with Crippen molar-refractivity contribution in [1.29, 1.82) is 0 Å². The molecule has 2 aromatic rings. The van der Waals surface area contributed by atoms with Crippen molar-refractivity contribution < 1.29 is 13.9 Å². The van der Waals surface area contributed by atoms with Gasteiger partial charge < -0.3 is 19.8 Å². The number of amides is 1. The minimum absolute atomic E-state index is 0.0940. The van der Waals surface area contributed by atoms with Crippen LogP contribution in [0.3, 0.4) is 0 Å². The van der Waals surface area contributed by atoms with Gasteiger partial charge in [-0.25, -0.2) is 0 Å². The van der Waals surface area contributed by atoms with E-state index in [1.807, 2.05) is 24.3 Å². The fraction of sp³-hybridized carbons (Fsp3) is 0.278. The summed E-state index contributed by atoms with van der Waals surface area (Å²) in [5.41, 5.74) is 0.969. The minimum atomic E-state index is -0.338. The number of hydrogen-bond donors (Lipinski definition) is 2. The molecule has 1 unspecified atom stereocenters. The Balaban J connectivity index is 1.80. The van der Waals surface area contributed by atoms with Crippen LogP contribution in [0, 0.1) is 0 Å². The average Bonchev–Trinajstić information content (AvgIpc) is 3.10. The maximum Gasteiger partial charge on any atom is 0.237 e. The first-order chi connectivity index (χ1) is 11.6. The van der Waals surface area contributed by atoms with Crippen molar-refractivity contribution in [2.45, 2.75) is 26.1 Å². The third-order valence-corrected chi connectivity index (χ3v) is 3.67. The molecule has 0 saturated carbocycles. The zero-order valence-corrected chi connectivity index (χ0v) is 14.3. The van der Waals surface area contributed by atoms with Crippen LogP contribution in [-0.2, 0) is 17.9 Å². The molecule has 0 spiro atoms. The highest BCUT2D eigenvalue weighted by molar-refractivity contribution is 6.32. The summed E-state index contributed by atoms with van der Waals surface area (Å²) in [6, 6.07) is 8.80. The van der Waals surface area contributed by atoms with Gasteiger partial charge in [-0.15, -0.1) is 0 Å². The fourth-order valence-electron chi connectivity index (χ4n) is 2.02. The van der Waals surface area contributed by atoms with E-state index in [0.717, 1.165) is 11.3 Å². The zero-order valence-electron chi connectivity index (χ0n) is 13.5. The van der Waals surface area contributed by atoms with Crippen LogP contribution in [0.1, 0.15) is 18.2 Å². The highest BCUT2D eigenvalue weighted by atomic mass is 35.5. The molecule has 5 nitrogen and oxygen atoms in total. The maximum absolute atomic E-state index is 12.0. The van der Waals surface area contributed by atoms with E-state index >= 15 is 0 Å². The number of ether oxygens (including phenoxy) is 1. The van der Waals surface area contributed by atoms with Crippen LogP contribution in [0.15, 0.2) is 53.7 Å². The molecule has 0 fully saturated rings. The number of hydrogen-bond acceptors (Lipinski definition) is 4. The van der Waals surface area contributed by atoms with Crippen LogP contribution < -0.4 is 15.4 Å². The molecule has 0 bridgehead atoms. The van der Waals surface area contributed by atoms with Crippen LogP contribution in [0.5, 0.6) is 5.75 Å². The molecule has 0 aliphatic rings. The second kappa shape index (κ2) is 9.15. The Morgan fingerprint density at radius 3 is 2.92 bits per heavy atom. The Morgan fingerprint density at radius 1 is 1.42 bits per heavy atom. The number of halogens is 1. The molecule has 24 heavy (non-hydrogen) atoms. The number of furan rings is 1. The predicted octanol–water partition coefficient (Wildman–Crippen LogP) is 3.29. The van der Waals surface area contributed by atoms with E-state index in [1.165, 1.54) is 0 Å². The first-order valence-corrected chi connectivity index (χ1v) is 8.03. The van der Waals surface area contributed by atoms with E-state index < -0.39 is 0 Å². The Kier molecular flexibility index (Phi) is 6.90. The quantitative estimate of drug-likeness (QED) is 0.682. The molecule has 0 radical (unpaired) electrons. The second-order valence-corrected chi connectivity index (χ2v) is 5.67. The van der Waals surface area contributed by atoms with Gasteiger partial charge >= 0.3 is 0 Å². The van der Waals surface area contributed by atoms with Gasteiger partial charge in [0.1, 0.15) is 18.1 Å². The molecule has 1 amide bonds. The van der Waals surface area contributed by atoms with Crippen molar-refractivity contribution in [2.75, 3.05) is 6.61 Å². The molecular formula is C18H21ClN2O3. The molecule has 128 valence electrons. The van der Waals surface area contributed by atoms with E-state index in [1.54, 1.807) is 25.3 Å². The first kappa shape index (κ1) is 18.1. The number of rotatable bonds is 9. The van der Waals surface area contributed by atoms with Gasteiger partial charge in [0.15, 0.2) is 0 Å². The third-order valence-electron chi connectivity index (χ3n) is 3.38. The summed E-state index contributed by atoms with van der Waals surface area (Å²) in [6.07, 6.45) is 3.24. The van der Waals surface area contributed by atoms with Crippen molar-refractivity contribution >= 4 is 17.5 Å². The standard InChI is InChI=1S/C18H21ClN2O3/c1-3-8-24-17-7-6-14(10-16(17)19)11-20-13(2)18(22)21-12-15-5-4-9-23-15/h3-7,9-10,13,20H,1,8,11-12H2,2H3,(H,21,22). The van der Waals surface area contributed by atoms with Gasteiger partial charge in [0.2, 0.25) is 5.91 Å². The Morgan fingerprint density at radius 2 is 2.25 bits per heavy atom. The topological polar surface area (TPSA) is 63.5 Å². The maximum atomic E-state index is 12.0. The Hall–Kier alpha value is -2.24. The Bertz CT molecular complexity index is 671. The molecule has 6 heteroatoms. The number of carbonyl (C=O) groups excluding carboxylic acids is 1. The summed E-state index contributed by atoms with van der Waals surface area (Å²) in [6.45, 7) is 6.71. The van der Waals surface area contributed by atoms with Crippen LogP contribution >= 0.6 is 11.6 Å². The van der Waals surface area contributed by atoms with Crippen molar-refractivity contribution in [3.05, 3.63) is 65.6 Å². The van der Waals surface area contributed by atoms with Gasteiger partial charge in [-0.05, 0) is 36.8 Å². The van der Waals surface area contributed by atoms with Crippen LogP contribution in [-0.4, -0.2) is 18.6 Å². The van der Waals surface area contributed by atoms with Crippen molar-refractivity contribution in [3.63, 3.8) is 0 Å². The predicted molar refractivity (Wildman–Crippen MR) is 94.0 cm³/mol. The normalized spacial score (nSPS) is 11.8. The summed E-state index contributed by atoms with van der Waals surface area (Å²) in [7, 11) is 0. The molecule has 2 rings (SSSR count). The molecule has 0 aliphatic heterocycles. The molecular weight excluding hydrogens is 328 g/mol. The van der Waals surface area contributed by atoms with Crippen LogP contribution in [0.2, 0.25) is 5.02 Å². The van der Waals surface area contributed by atoms with Gasteiger partial charge in [-0.3, -0.25) is 4.79 Å². The monoisotopic (exact) mass is 348 g/mol. The summed E-state index contributed by atoms with van der Waals surface area (Å²) in [5, 5.41) is 6.51. The van der Waals surface area contributed by atoms with Gasteiger partial charge in [-0.1, -0.05) is 30.3 Å². The van der Waals surface area contributed by atoms with E-state index in [-0.39, 0.29) is 11.9 Å². The van der Waals surface area contributed by atoms with E-state index in [9.17, 15) is 4.79 Å². The minimum Gasteiger partial charge on any atom is -0.488 e. The van der Waals surface area contributed by atoms with Gasteiger partial charge in [-0.2, -0.15) is 0 Å². The summed E-state index contributed by atoms with van der Waals surface area (Å²) >= 11 is 6.17. The lowest BCUT2D eigenvalue weighted by Gasteiger charge is -2.14. The highest BCUT2D eigenvalue weighted by Crippen LogP contribution is 2.25. The lowest BCUT2D eigenvalue weighted by atomic mass is 10.2. The largest absolute Gasteiger partial charge is 0.488 e. The number of benzene rings is 1. The van der Waals surface area contributed by atoms with Crippen LogP contribution in [0.25, 0.3) is 0 Å². The molecule has 1 atom stereocenters. The van der Waals surface area contributed by atoms with Gasteiger partial charge in [0, 0.05) is 6.54 Å². The smallest absolute Gasteiger partial charge is 0.237 e. The Labute approximate surface area is 146 Å². The van der Waals surface area contributed by atoms with Crippen molar-refractivity contribution in [1.82, 2.24) is 10.6 Å². The summed E-state index contributed by atoms with van der Waals surface area (Å²) in [5.74, 6) is 1.24. The molecule has 0 saturated heterocycles. The lowest BCUT2D eigenvalue weighted by Crippen LogP contribution is -2.41. The molecule has 1 heterocycles. The number of nitrogens with one attached hydrogen (secondary N) is 2. The summed E-state index contributed by atoms with van der Waals surface area (Å²) < 4.78 is 10.6. The molecule has 1 aromatic carbocycles. The van der Waals surface area contributed by atoms with Gasteiger partial charge in [0.25, 0.3) is 0 Å². The second-order valence-electron chi connectivity index (χ2n) is 5.26.